The summed E-state index contributed by atoms with van der Waals surface area (Å²) in [5.41, 5.74) is 5.19. The highest BCUT2D eigenvalue weighted by molar-refractivity contribution is 5.75. The smallest absolute Gasteiger partial charge is 0.168 e. The number of hydrogen-bond donors (Lipinski definition) is 0. The molecule has 3 aromatic rings. The molecule has 146 valence electrons. The molecular formula is C26H27N3. The maximum Gasteiger partial charge on any atom is 0.168 e. The average Bonchev–Trinajstić information content (AvgIpc) is 3.21. The lowest BCUT2D eigenvalue weighted by atomic mass is 10.0. The molecule has 0 fully saturated rings. The summed E-state index contributed by atoms with van der Waals surface area (Å²) in [7, 11) is 0. The summed E-state index contributed by atoms with van der Waals surface area (Å²) >= 11 is 0. The van der Waals surface area contributed by atoms with Gasteiger partial charge in [-0.05, 0) is 30.0 Å². The Hall–Kier alpha value is -3.46. The molecule has 0 saturated heterocycles. The molecule has 0 unspecified atom stereocenters. The molecule has 0 aliphatic heterocycles. The van der Waals surface area contributed by atoms with Crippen LogP contribution in [0.5, 0.6) is 0 Å². The standard InChI is InChI=1S/C26H27N3/c1-5-9-11-15-21(7-3)25-27-28-26(22-16-12-10-13-17-22)29(25)24-19-14-18-20(6-2)23(24)8-4/h6,8-19H,2,4-5,7H2,1,3H3/b11-9-,21-15+. The van der Waals surface area contributed by atoms with Crippen LogP contribution in [0.1, 0.15) is 43.6 Å². The van der Waals surface area contributed by atoms with Crippen LogP contribution in [0.15, 0.2) is 79.9 Å². The van der Waals surface area contributed by atoms with Crippen molar-refractivity contribution in [2.45, 2.75) is 26.7 Å². The van der Waals surface area contributed by atoms with Crippen LogP contribution in [0, 0.1) is 0 Å². The molecule has 0 aliphatic rings. The first kappa shape index (κ1) is 20.3. The molecule has 0 amide bonds. The van der Waals surface area contributed by atoms with Crippen LogP contribution in [0.2, 0.25) is 0 Å². The number of benzene rings is 2. The fraction of sp³-hybridized carbons (Fsp3) is 0.154. The lowest BCUT2D eigenvalue weighted by molar-refractivity contribution is 0.997. The normalized spacial score (nSPS) is 11.7. The molecule has 1 heterocycles. The number of nitrogens with zero attached hydrogens (tertiary/aromatic N) is 3. The molecule has 0 atom stereocenters. The molecule has 3 nitrogen and oxygen atoms in total. The van der Waals surface area contributed by atoms with Crippen LogP contribution in [-0.2, 0) is 0 Å². The first-order valence-electron chi connectivity index (χ1n) is 10.00. The van der Waals surface area contributed by atoms with Crippen LogP contribution in [0.3, 0.4) is 0 Å². The fourth-order valence-electron chi connectivity index (χ4n) is 3.33. The van der Waals surface area contributed by atoms with Gasteiger partial charge in [0.1, 0.15) is 0 Å². The van der Waals surface area contributed by atoms with Gasteiger partial charge in [-0.2, -0.15) is 0 Å². The van der Waals surface area contributed by atoms with E-state index in [-0.39, 0.29) is 0 Å². The Bertz CT molecular complexity index is 1050. The molecular weight excluding hydrogens is 354 g/mol. The Balaban J connectivity index is 2.33. The Kier molecular flexibility index (Phi) is 6.75. The van der Waals surface area contributed by atoms with E-state index in [2.05, 4.69) is 78.2 Å². The zero-order chi connectivity index (χ0) is 20.6. The van der Waals surface area contributed by atoms with Crippen molar-refractivity contribution < 1.29 is 0 Å². The highest BCUT2D eigenvalue weighted by atomic mass is 15.3. The Morgan fingerprint density at radius 2 is 1.76 bits per heavy atom. The SMILES string of the molecule is C=Cc1cccc(-n2c(/C(=C/C=C\CC)CC)nnc2-c2ccccc2)c1C=C. The summed E-state index contributed by atoms with van der Waals surface area (Å²) in [5, 5.41) is 9.18. The number of allylic oxidation sites excluding steroid dienone is 4. The van der Waals surface area contributed by atoms with Crippen molar-refractivity contribution in [3.05, 3.63) is 96.9 Å². The number of aromatic nitrogens is 3. The summed E-state index contributed by atoms with van der Waals surface area (Å²) < 4.78 is 2.13. The van der Waals surface area contributed by atoms with Gasteiger partial charge < -0.3 is 0 Å². The zero-order valence-electron chi connectivity index (χ0n) is 17.2. The minimum Gasteiger partial charge on any atom is -0.275 e. The summed E-state index contributed by atoms with van der Waals surface area (Å²) in [6.45, 7) is 12.3. The van der Waals surface area contributed by atoms with E-state index in [0.29, 0.717) is 0 Å². The van der Waals surface area contributed by atoms with E-state index >= 15 is 0 Å². The van der Waals surface area contributed by atoms with Gasteiger partial charge in [0.15, 0.2) is 11.6 Å². The molecule has 29 heavy (non-hydrogen) atoms. The highest BCUT2D eigenvalue weighted by Gasteiger charge is 2.19. The quantitative estimate of drug-likeness (QED) is 0.394. The van der Waals surface area contributed by atoms with E-state index < -0.39 is 0 Å². The molecule has 3 rings (SSSR count). The second-order valence-electron chi connectivity index (χ2n) is 6.62. The topological polar surface area (TPSA) is 30.7 Å². The number of hydrogen-bond acceptors (Lipinski definition) is 2. The van der Waals surface area contributed by atoms with E-state index in [4.69, 9.17) is 0 Å². The van der Waals surface area contributed by atoms with Gasteiger partial charge >= 0.3 is 0 Å². The van der Waals surface area contributed by atoms with Crippen molar-refractivity contribution in [1.82, 2.24) is 14.8 Å². The first-order chi connectivity index (χ1) is 14.2. The predicted molar refractivity (Wildman–Crippen MR) is 125 cm³/mol. The monoisotopic (exact) mass is 381 g/mol. The van der Waals surface area contributed by atoms with Crippen molar-refractivity contribution in [3.63, 3.8) is 0 Å². The molecule has 0 N–H and O–H groups in total. The Morgan fingerprint density at radius 1 is 0.966 bits per heavy atom. The van der Waals surface area contributed by atoms with Crippen molar-refractivity contribution >= 4 is 17.7 Å². The molecule has 0 radical (unpaired) electrons. The summed E-state index contributed by atoms with van der Waals surface area (Å²) in [4.78, 5) is 0. The van der Waals surface area contributed by atoms with Gasteiger partial charge in [-0.3, -0.25) is 4.57 Å². The molecule has 0 aliphatic carbocycles. The Morgan fingerprint density at radius 3 is 2.41 bits per heavy atom. The summed E-state index contributed by atoms with van der Waals surface area (Å²) in [5.74, 6) is 1.65. The second kappa shape index (κ2) is 9.65. The van der Waals surface area contributed by atoms with Crippen molar-refractivity contribution in [2.24, 2.45) is 0 Å². The summed E-state index contributed by atoms with van der Waals surface area (Å²) in [6.07, 6.45) is 11.9. The zero-order valence-corrected chi connectivity index (χ0v) is 17.2. The van der Waals surface area contributed by atoms with E-state index in [1.165, 1.54) is 0 Å². The largest absolute Gasteiger partial charge is 0.275 e. The lowest BCUT2D eigenvalue weighted by Gasteiger charge is -2.16. The molecule has 3 heteroatoms. The van der Waals surface area contributed by atoms with Crippen LogP contribution in [-0.4, -0.2) is 14.8 Å². The third kappa shape index (κ3) is 4.19. The Labute approximate surface area is 173 Å². The van der Waals surface area contributed by atoms with Crippen molar-refractivity contribution in [2.75, 3.05) is 0 Å². The van der Waals surface area contributed by atoms with Crippen LogP contribution >= 0.6 is 0 Å². The van der Waals surface area contributed by atoms with Gasteiger partial charge in [0, 0.05) is 11.1 Å². The highest BCUT2D eigenvalue weighted by Crippen LogP contribution is 2.31. The van der Waals surface area contributed by atoms with E-state index in [0.717, 1.165) is 52.4 Å². The third-order valence-electron chi connectivity index (χ3n) is 4.81. The van der Waals surface area contributed by atoms with E-state index in [1.54, 1.807) is 0 Å². The minimum atomic E-state index is 0.809. The molecule has 0 spiro atoms. The van der Waals surface area contributed by atoms with Gasteiger partial charge in [0.25, 0.3) is 0 Å². The van der Waals surface area contributed by atoms with E-state index in [1.807, 2.05) is 42.5 Å². The molecule has 1 aromatic heterocycles. The fourth-order valence-corrected chi connectivity index (χ4v) is 3.33. The molecule has 2 aromatic carbocycles. The summed E-state index contributed by atoms with van der Waals surface area (Å²) in [6, 6.07) is 16.3. The molecule has 0 bridgehead atoms. The maximum absolute atomic E-state index is 4.60. The van der Waals surface area contributed by atoms with Crippen molar-refractivity contribution in [1.29, 1.82) is 0 Å². The van der Waals surface area contributed by atoms with Crippen LogP contribution in [0.25, 0.3) is 34.8 Å². The van der Waals surface area contributed by atoms with Gasteiger partial charge in [0.2, 0.25) is 0 Å². The maximum atomic E-state index is 4.60. The van der Waals surface area contributed by atoms with Gasteiger partial charge in [-0.15, -0.1) is 10.2 Å². The van der Waals surface area contributed by atoms with E-state index in [9.17, 15) is 0 Å². The number of rotatable bonds is 8. The first-order valence-corrected chi connectivity index (χ1v) is 10.00. The lowest BCUT2D eigenvalue weighted by Crippen LogP contribution is -2.05. The van der Waals surface area contributed by atoms with Gasteiger partial charge in [-0.25, -0.2) is 0 Å². The predicted octanol–water partition coefficient (Wildman–Crippen LogP) is 6.98. The van der Waals surface area contributed by atoms with Gasteiger partial charge in [0.05, 0.1) is 5.69 Å². The average molecular weight is 382 g/mol. The second-order valence-corrected chi connectivity index (χ2v) is 6.62. The third-order valence-corrected chi connectivity index (χ3v) is 4.81. The van der Waals surface area contributed by atoms with Crippen LogP contribution < -0.4 is 0 Å². The van der Waals surface area contributed by atoms with Crippen LogP contribution in [0.4, 0.5) is 0 Å². The van der Waals surface area contributed by atoms with Gasteiger partial charge in [-0.1, -0.05) is 99.9 Å². The minimum absolute atomic E-state index is 0.809. The molecule has 0 saturated carbocycles. The van der Waals surface area contributed by atoms with Crippen molar-refractivity contribution in [3.8, 4) is 17.1 Å².